The van der Waals surface area contributed by atoms with E-state index < -0.39 is 5.97 Å². The van der Waals surface area contributed by atoms with Gasteiger partial charge in [0.2, 0.25) is 5.95 Å². The number of nitrogens with zero attached hydrogens (tertiary/aromatic N) is 2. The van der Waals surface area contributed by atoms with Crippen LogP contribution in [0.15, 0.2) is 54.7 Å². The monoisotopic (exact) mass is 398 g/mol. The second-order valence-electron chi connectivity index (χ2n) is 5.74. The van der Waals surface area contributed by atoms with Gasteiger partial charge in [-0.25, -0.2) is 9.78 Å². The highest BCUT2D eigenvalue weighted by molar-refractivity contribution is 6.33. The molecule has 0 aliphatic heterocycles. The fraction of sp³-hybridized carbons (Fsp3) is 0.150. The predicted octanol–water partition coefficient (Wildman–Crippen LogP) is 4.28. The van der Waals surface area contributed by atoms with Gasteiger partial charge >= 0.3 is 5.97 Å². The molecular formula is C20H19ClN4O3. The summed E-state index contributed by atoms with van der Waals surface area (Å²) in [6, 6.07) is 14.2. The summed E-state index contributed by atoms with van der Waals surface area (Å²) in [6.07, 6.45) is 1.62. The lowest BCUT2D eigenvalue weighted by Gasteiger charge is -2.12. The summed E-state index contributed by atoms with van der Waals surface area (Å²) in [5.74, 6) is 1.31. The van der Waals surface area contributed by atoms with Gasteiger partial charge in [-0.2, -0.15) is 4.98 Å². The number of ether oxygens (including phenoxy) is 2. The Hall–Kier alpha value is -3.32. The zero-order valence-corrected chi connectivity index (χ0v) is 16.2. The number of carbonyl (C=O) groups excluding carboxylic acids is 1. The Morgan fingerprint density at radius 2 is 1.96 bits per heavy atom. The molecule has 1 aromatic heterocycles. The van der Waals surface area contributed by atoms with Crippen LogP contribution in [0.5, 0.6) is 5.75 Å². The standard InChI is InChI=1S/C20H19ClN4O3/c1-27-17-6-4-3-5-14(17)12-23-20-22-10-9-18(25-20)24-16-11-13(19(26)28-2)7-8-15(16)21/h3-11H,12H2,1-2H3,(H2,22,23,24,25). The molecule has 0 saturated carbocycles. The van der Waals surface area contributed by atoms with Gasteiger partial charge in [0.25, 0.3) is 0 Å². The van der Waals surface area contributed by atoms with Crippen LogP contribution in [0.4, 0.5) is 17.5 Å². The van der Waals surface area contributed by atoms with Gasteiger partial charge in [-0.05, 0) is 30.3 Å². The third-order valence-corrected chi connectivity index (χ3v) is 4.26. The van der Waals surface area contributed by atoms with Crippen molar-refractivity contribution in [3.8, 4) is 5.75 Å². The molecule has 144 valence electrons. The van der Waals surface area contributed by atoms with Crippen molar-refractivity contribution in [3.05, 3.63) is 70.9 Å². The molecule has 0 saturated heterocycles. The Kier molecular flexibility index (Phi) is 6.29. The first-order valence-corrected chi connectivity index (χ1v) is 8.82. The third-order valence-electron chi connectivity index (χ3n) is 3.94. The van der Waals surface area contributed by atoms with Gasteiger partial charge in [0.1, 0.15) is 11.6 Å². The van der Waals surface area contributed by atoms with E-state index in [0.29, 0.717) is 34.6 Å². The van der Waals surface area contributed by atoms with Gasteiger partial charge in [-0.15, -0.1) is 0 Å². The molecular weight excluding hydrogens is 380 g/mol. The zero-order valence-electron chi connectivity index (χ0n) is 15.4. The molecule has 2 aromatic carbocycles. The number of aromatic nitrogens is 2. The zero-order chi connectivity index (χ0) is 19.9. The maximum atomic E-state index is 11.7. The van der Waals surface area contributed by atoms with E-state index in [0.717, 1.165) is 11.3 Å². The molecule has 1 heterocycles. The molecule has 0 fully saturated rings. The van der Waals surface area contributed by atoms with Gasteiger partial charge in [0, 0.05) is 18.3 Å². The largest absolute Gasteiger partial charge is 0.496 e. The van der Waals surface area contributed by atoms with Crippen LogP contribution >= 0.6 is 11.6 Å². The lowest BCUT2D eigenvalue weighted by molar-refractivity contribution is 0.0601. The lowest BCUT2D eigenvalue weighted by Crippen LogP contribution is -2.06. The van der Waals surface area contributed by atoms with Crippen molar-refractivity contribution in [2.45, 2.75) is 6.54 Å². The average molecular weight is 399 g/mol. The van der Waals surface area contributed by atoms with Gasteiger partial charge in [0.15, 0.2) is 0 Å². The van der Waals surface area contributed by atoms with Crippen LogP contribution in [-0.4, -0.2) is 30.2 Å². The first-order valence-electron chi connectivity index (χ1n) is 8.44. The lowest BCUT2D eigenvalue weighted by atomic mass is 10.2. The Labute approximate surface area is 167 Å². The molecule has 0 aliphatic carbocycles. The summed E-state index contributed by atoms with van der Waals surface area (Å²) >= 11 is 6.22. The number of para-hydroxylation sites is 1. The molecule has 28 heavy (non-hydrogen) atoms. The smallest absolute Gasteiger partial charge is 0.337 e. The quantitative estimate of drug-likeness (QED) is 0.574. The SMILES string of the molecule is COC(=O)c1ccc(Cl)c(Nc2ccnc(NCc3ccccc3OC)n2)c1. The molecule has 0 amide bonds. The van der Waals surface area contributed by atoms with Crippen LogP contribution in [-0.2, 0) is 11.3 Å². The summed E-state index contributed by atoms with van der Waals surface area (Å²) < 4.78 is 10.1. The highest BCUT2D eigenvalue weighted by Gasteiger charge is 2.10. The number of hydrogen-bond donors (Lipinski definition) is 2. The minimum absolute atomic E-state index is 0.387. The van der Waals surface area contributed by atoms with Crippen molar-refractivity contribution in [1.82, 2.24) is 9.97 Å². The molecule has 0 spiro atoms. The number of methoxy groups -OCH3 is 2. The van der Waals surface area contributed by atoms with Crippen LogP contribution in [0.2, 0.25) is 5.02 Å². The maximum Gasteiger partial charge on any atom is 0.337 e. The second-order valence-corrected chi connectivity index (χ2v) is 6.15. The van der Waals surface area contributed by atoms with Crippen molar-refractivity contribution >= 4 is 35.0 Å². The highest BCUT2D eigenvalue weighted by Crippen LogP contribution is 2.26. The second kappa shape index (κ2) is 9.05. The molecule has 0 bridgehead atoms. The minimum Gasteiger partial charge on any atom is -0.496 e. The van der Waals surface area contributed by atoms with E-state index in [-0.39, 0.29) is 0 Å². The van der Waals surface area contributed by atoms with E-state index in [1.165, 1.54) is 7.11 Å². The maximum absolute atomic E-state index is 11.7. The number of benzene rings is 2. The summed E-state index contributed by atoms with van der Waals surface area (Å²) in [4.78, 5) is 20.4. The Morgan fingerprint density at radius 1 is 1.14 bits per heavy atom. The van der Waals surface area contributed by atoms with E-state index >= 15 is 0 Å². The number of rotatable bonds is 7. The molecule has 0 unspecified atom stereocenters. The summed E-state index contributed by atoms with van der Waals surface area (Å²) in [7, 11) is 2.96. The van der Waals surface area contributed by atoms with Crippen LogP contribution in [0.1, 0.15) is 15.9 Å². The number of halogens is 1. The molecule has 3 rings (SSSR count). The summed E-state index contributed by atoms with van der Waals surface area (Å²) in [6.45, 7) is 0.506. The van der Waals surface area contributed by atoms with Crippen molar-refractivity contribution in [1.29, 1.82) is 0 Å². The number of hydrogen-bond acceptors (Lipinski definition) is 7. The summed E-state index contributed by atoms with van der Waals surface area (Å²) in [5, 5.41) is 6.72. The topological polar surface area (TPSA) is 85.4 Å². The van der Waals surface area contributed by atoms with Crippen LogP contribution in [0, 0.1) is 0 Å². The molecule has 0 atom stereocenters. The van der Waals surface area contributed by atoms with E-state index in [1.807, 2.05) is 24.3 Å². The number of anilines is 3. The van der Waals surface area contributed by atoms with Gasteiger partial charge in [-0.3, -0.25) is 0 Å². The number of nitrogens with one attached hydrogen (secondary N) is 2. The molecule has 8 heteroatoms. The number of carbonyl (C=O) groups is 1. The van der Waals surface area contributed by atoms with Crippen molar-refractivity contribution in [3.63, 3.8) is 0 Å². The Morgan fingerprint density at radius 3 is 2.75 bits per heavy atom. The van der Waals surface area contributed by atoms with Gasteiger partial charge in [0.05, 0.1) is 30.5 Å². The van der Waals surface area contributed by atoms with Crippen LogP contribution < -0.4 is 15.4 Å². The first kappa shape index (κ1) is 19.4. The van der Waals surface area contributed by atoms with Crippen LogP contribution in [0.3, 0.4) is 0 Å². The third kappa shape index (κ3) is 4.69. The molecule has 3 aromatic rings. The molecule has 7 nitrogen and oxygen atoms in total. The van der Waals surface area contributed by atoms with E-state index in [1.54, 1.807) is 37.6 Å². The predicted molar refractivity (Wildman–Crippen MR) is 108 cm³/mol. The van der Waals surface area contributed by atoms with Gasteiger partial charge in [-0.1, -0.05) is 29.8 Å². The number of esters is 1. The van der Waals surface area contributed by atoms with Gasteiger partial charge < -0.3 is 20.1 Å². The molecule has 2 N–H and O–H groups in total. The van der Waals surface area contributed by atoms with Crippen molar-refractivity contribution in [2.75, 3.05) is 24.9 Å². The first-order chi connectivity index (χ1) is 13.6. The normalized spacial score (nSPS) is 10.2. The fourth-order valence-corrected chi connectivity index (χ4v) is 2.71. The Bertz CT molecular complexity index is 981. The minimum atomic E-state index is -0.443. The Balaban J connectivity index is 1.74. The van der Waals surface area contributed by atoms with Crippen molar-refractivity contribution in [2.24, 2.45) is 0 Å². The summed E-state index contributed by atoms with van der Waals surface area (Å²) in [5.41, 5.74) is 1.91. The van der Waals surface area contributed by atoms with Crippen molar-refractivity contribution < 1.29 is 14.3 Å². The van der Waals surface area contributed by atoms with Crippen LogP contribution in [0.25, 0.3) is 0 Å². The molecule has 0 radical (unpaired) electrons. The highest BCUT2D eigenvalue weighted by atomic mass is 35.5. The van der Waals surface area contributed by atoms with E-state index in [9.17, 15) is 4.79 Å². The average Bonchev–Trinajstić information content (AvgIpc) is 2.73. The fourth-order valence-electron chi connectivity index (χ4n) is 2.54. The molecule has 0 aliphatic rings. The van der Waals surface area contributed by atoms with E-state index in [2.05, 4.69) is 20.6 Å². The van der Waals surface area contributed by atoms with E-state index in [4.69, 9.17) is 21.1 Å².